The van der Waals surface area contributed by atoms with Crippen LogP contribution in [0, 0.1) is 5.92 Å². The van der Waals surface area contributed by atoms with E-state index in [0.29, 0.717) is 17.3 Å². The van der Waals surface area contributed by atoms with Gasteiger partial charge in [0.2, 0.25) is 5.91 Å². The maximum absolute atomic E-state index is 11.3. The summed E-state index contributed by atoms with van der Waals surface area (Å²) in [6.07, 6.45) is 1.11. The summed E-state index contributed by atoms with van der Waals surface area (Å²) >= 11 is 3.17. The molecule has 0 aliphatic carbocycles. The summed E-state index contributed by atoms with van der Waals surface area (Å²) in [6.45, 7) is 8.74. The van der Waals surface area contributed by atoms with Crippen molar-refractivity contribution < 1.29 is 9.53 Å². The topological polar surface area (TPSA) is 41.6 Å². The maximum Gasteiger partial charge on any atom is 0.230 e. The molecule has 4 nitrogen and oxygen atoms in total. The number of halogens is 1. The molecule has 5 heteroatoms. The molecule has 1 unspecified atom stereocenters. The van der Waals surface area contributed by atoms with Crippen LogP contribution in [-0.2, 0) is 9.53 Å². The Morgan fingerprint density at radius 1 is 1.41 bits per heavy atom. The Kier molecular flexibility index (Phi) is 7.08. The fourth-order valence-corrected chi connectivity index (χ4v) is 2.33. The van der Waals surface area contributed by atoms with E-state index in [4.69, 9.17) is 4.74 Å². The van der Waals surface area contributed by atoms with Crippen LogP contribution in [0.4, 0.5) is 0 Å². The molecule has 0 aromatic carbocycles. The lowest BCUT2D eigenvalue weighted by Crippen LogP contribution is -2.49. The highest BCUT2D eigenvalue weighted by Gasteiger charge is 2.22. The van der Waals surface area contributed by atoms with Gasteiger partial charge in [-0.3, -0.25) is 9.69 Å². The van der Waals surface area contributed by atoms with Gasteiger partial charge in [-0.1, -0.05) is 29.8 Å². The van der Waals surface area contributed by atoms with E-state index < -0.39 is 0 Å². The van der Waals surface area contributed by atoms with Crippen LogP contribution >= 0.6 is 15.9 Å². The Morgan fingerprint density at radius 3 is 2.59 bits per heavy atom. The molecule has 0 aromatic heterocycles. The van der Waals surface area contributed by atoms with Gasteiger partial charge in [0.1, 0.15) is 0 Å². The number of carbonyl (C=O) groups is 1. The van der Waals surface area contributed by atoms with Gasteiger partial charge in [-0.15, -0.1) is 0 Å². The van der Waals surface area contributed by atoms with Gasteiger partial charge in [0.05, 0.1) is 18.5 Å². The Morgan fingerprint density at radius 2 is 2.06 bits per heavy atom. The second-order valence-electron chi connectivity index (χ2n) is 4.87. The van der Waals surface area contributed by atoms with Crippen molar-refractivity contribution in [3.05, 3.63) is 0 Å². The van der Waals surface area contributed by atoms with E-state index in [2.05, 4.69) is 40.0 Å². The van der Waals surface area contributed by atoms with Gasteiger partial charge in [-0.05, 0) is 12.3 Å². The molecule has 1 aliphatic rings. The van der Waals surface area contributed by atoms with E-state index in [-0.39, 0.29) is 5.91 Å². The normalized spacial score (nSPS) is 19.3. The first-order chi connectivity index (χ1) is 8.13. The second-order valence-corrected chi connectivity index (χ2v) is 5.43. The first-order valence-corrected chi connectivity index (χ1v) is 7.40. The van der Waals surface area contributed by atoms with Crippen molar-refractivity contribution in [3.8, 4) is 0 Å². The molecule has 0 saturated carbocycles. The summed E-state index contributed by atoms with van der Waals surface area (Å²) in [7, 11) is 0. The summed E-state index contributed by atoms with van der Waals surface area (Å²) in [5.41, 5.74) is 0. The van der Waals surface area contributed by atoms with Crippen molar-refractivity contribution in [2.75, 3.05) is 38.2 Å². The van der Waals surface area contributed by atoms with E-state index in [0.717, 1.165) is 39.3 Å². The lowest BCUT2D eigenvalue weighted by Gasteiger charge is -2.35. The van der Waals surface area contributed by atoms with Crippen molar-refractivity contribution in [1.82, 2.24) is 10.2 Å². The van der Waals surface area contributed by atoms with Gasteiger partial charge in [0, 0.05) is 25.7 Å². The molecule has 1 atom stereocenters. The van der Waals surface area contributed by atoms with Crippen molar-refractivity contribution in [3.63, 3.8) is 0 Å². The molecule has 1 aliphatic heterocycles. The maximum atomic E-state index is 11.3. The minimum absolute atomic E-state index is 0.0621. The Labute approximate surface area is 112 Å². The number of carbonyl (C=O) groups excluding carboxylic acids is 1. The van der Waals surface area contributed by atoms with E-state index in [9.17, 15) is 4.79 Å². The fourth-order valence-electron chi connectivity index (χ4n) is 2.13. The number of morpholine rings is 1. The van der Waals surface area contributed by atoms with Gasteiger partial charge in [-0.2, -0.15) is 0 Å². The predicted octanol–water partition coefficient (Wildman–Crippen LogP) is 1.24. The number of nitrogens with zero attached hydrogens (tertiary/aromatic N) is 1. The van der Waals surface area contributed by atoms with Crippen LogP contribution < -0.4 is 5.32 Å². The van der Waals surface area contributed by atoms with Crippen molar-refractivity contribution in [2.24, 2.45) is 5.92 Å². The number of rotatable bonds is 6. The Hall–Kier alpha value is -0.130. The van der Waals surface area contributed by atoms with E-state index in [1.54, 1.807) is 0 Å². The van der Waals surface area contributed by atoms with Crippen molar-refractivity contribution in [1.29, 1.82) is 0 Å². The SMILES string of the molecule is CC(C)CC(CNC(=O)CBr)N1CCOCC1. The monoisotopic (exact) mass is 306 g/mol. The molecule has 0 spiro atoms. The van der Waals surface area contributed by atoms with Crippen LogP contribution in [-0.4, -0.2) is 55.0 Å². The summed E-state index contributed by atoms with van der Waals surface area (Å²) in [6, 6.07) is 0.432. The molecule has 1 amide bonds. The Bertz CT molecular complexity index is 231. The third-order valence-corrected chi connectivity index (χ3v) is 3.47. The molecule has 1 heterocycles. The highest BCUT2D eigenvalue weighted by atomic mass is 79.9. The summed E-state index contributed by atoms with van der Waals surface area (Å²) in [5.74, 6) is 0.704. The molecule has 1 fully saturated rings. The molecule has 17 heavy (non-hydrogen) atoms. The molecule has 1 saturated heterocycles. The van der Waals surface area contributed by atoms with Crippen LogP contribution in [0.3, 0.4) is 0 Å². The third kappa shape index (κ3) is 5.84. The molecule has 0 bridgehead atoms. The standard InChI is InChI=1S/C12H23BrN2O2/c1-10(2)7-11(9-14-12(16)8-13)15-3-5-17-6-4-15/h10-11H,3-9H2,1-2H3,(H,14,16). The quantitative estimate of drug-likeness (QED) is 0.751. The average Bonchev–Trinajstić information content (AvgIpc) is 2.34. The summed E-state index contributed by atoms with van der Waals surface area (Å²) in [4.78, 5) is 13.7. The third-order valence-electron chi connectivity index (χ3n) is 2.96. The molecule has 1 rings (SSSR count). The van der Waals surface area contributed by atoms with Crippen LogP contribution in [0.25, 0.3) is 0 Å². The van der Waals surface area contributed by atoms with Crippen LogP contribution in [0.15, 0.2) is 0 Å². The van der Waals surface area contributed by atoms with Crippen LogP contribution in [0.5, 0.6) is 0 Å². The highest BCUT2D eigenvalue weighted by Crippen LogP contribution is 2.12. The zero-order chi connectivity index (χ0) is 12.7. The van der Waals surface area contributed by atoms with Gasteiger partial charge in [0.25, 0.3) is 0 Å². The number of nitrogens with one attached hydrogen (secondary N) is 1. The first kappa shape index (κ1) is 14.9. The number of ether oxygens (including phenoxy) is 1. The van der Waals surface area contributed by atoms with E-state index in [1.807, 2.05) is 0 Å². The number of alkyl halides is 1. The largest absolute Gasteiger partial charge is 0.379 e. The van der Waals surface area contributed by atoms with Crippen molar-refractivity contribution in [2.45, 2.75) is 26.3 Å². The van der Waals surface area contributed by atoms with Gasteiger partial charge < -0.3 is 10.1 Å². The predicted molar refractivity (Wildman–Crippen MR) is 72.4 cm³/mol. The van der Waals surface area contributed by atoms with Crippen molar-refractivity contribution >= 4 is 21.8 Å². The minimum Gasteiger partial charge on any atom is -0.379 e. The van der Waals surface area contributed by atoms with Crippen LogP contribution in [0.2, 0.25) is 0 Å². The molecule has 0 aromatic rings. The number of hydrogen-bond donors (Lipinski definition) is 1. The lowest BCUT2D eigenvalue weighted by molar-refractivity contribution is -0.118. The summed E-state index contributed by atoms with van der Waals surface area (Å²) < 4.78 is 5.37. The van der Waals surface area contributed by atoms with Crippen LogP contribution in [0.1, 0.15) is 20.3 Å². The zero-order valence-electron chi connectivity index (χ0n) is 10.7. The molecule has 100 valence electrons. The summed E-state index contributed by atoms with van der Waals surface area (Å²) in [5, 5.41) is 3.35. The molecule has 1 N–H and O–H groups in total. The number of amides is 1. The first-order valence-electron chi connectivity index (χ1n) is 6.28. The lowest BCUT2D eigenvalue weighted by atomic mass is 10.0. The fraction of sp³-hybridized carbons (Fsp3) is 0.917. The number of hydrogen-bond acceptors (Lipinski definition) is 3. The van der Waals surface area contributed by atoms with E-state index in [1.165, 1.54) is 0 Å². The molecular weight excluding hydrogens is 284 g/mol. The highest BCUT2D eigenvalue weighted by molar-refractivity contribution is 9.09. The zero-order valence-corrected chi connectivity index (χ0v) is 12.3. The molecular formula is C12H23BrN2O2. The van der Waals surface area contributed by atoms with Gasteiger partial charge in [-0.25, -0.2) is 0 Å². The molecule has 0 radical (unpaired) electrons. The van der Waals surface area contributed by atoms with Gasteiger partial charge >= 0.3 is 0 Å². The second kappa shape index (κ2) is 8.06. The minimum atomic E-state index is 0.0621. The van der Waals surface area contributed by atoms with E-state index >= 15 is 0 Å². The van der Waals surface area contributed by atoms with Gasteiger partial charge in [0.15, 0.2) is 0 Å². The Balaban J connectivity index is 2.43. The average molecular weight is 307 g/mol. The smallest absolute Gasteiger partial charge is 0.230 e.